The van der Waals surface area contributed by atoms with Crippen LogP contribution in [0.1, 0.15) is 58.2 Å². The Balaban J connectivity index is 1.85. The number of hydrogen-bond acceptors (Lipinski definition) is 9. The summed E-state index contributed by atoms with van der Waals surface area (Å²) >= 11 is 1.24. The summed E-state index contributed by atoms with van der Waals surface area (Å²) in [6.07, 6.45) is 2.71. The van der Waals surface area contributed by atoms with E-state index in [2.05, 4.69) is 4.99 Å². The molecule has 0 saturated heterocycles. The Morgan fingerprint density at radius 3 is 2.49 bits per heavy atom. The number of aromatic nitrogens is 1. The highest BCUT2D eigenvalue weighted by molar-refractivity contribution is 7.07. The van der Waals surface area contributed by atoms with E-state index < -0.39 is 18.0 Å². The van der Waals surface area contributed by atoms with Gasteiger partial charge in [-0.15, -0.1) is 0 Å². The minimum Gasteiger partial charge on any atom is -0.494 e. The summed E-state index contributed by atoms with van der Waals surface area (Å²) in [4.78, 5) is 44.0. The number of hydrogen-bond donors (Lipinski definition) is 0. The molecule has 2 heterocycles. The van der Waals surface area contributed by atoms with E-state index in [0.717, 1.165) is 17.7 Å². The van der Waals surface area contributed by atoms with E-state index in [1.165, 1.54) is 29.9 Å². The minimum atomic E-state index is -0.835. The zero-order chi connectivity index (χ0) is 29.7. The van der Waals surface area contributed by atoms with Gasteiger partial charge in [0.25, 0.3) is 5.56 Å². The third-order valence-electron chi connectivity index (χ3n) is 6.20. The zero-order valence-corrected chi connectivity index (χ0v) is 24.9. The van der Waals surface area contributed by atoms with E-state index in [9.17, 15) is 14.4 Å². The Hall–Kier alpha value is -4.18. The molecule has 2 aromatic carbocycles. The molecule has 41 heavy (non-hydrogen) atoms. The summed E-state index contributed by atoms with van der Waals surface area (Å²) in [5.41, 5.74) is 1.82. The van der Waals surface area contributed by atoms with Crippen LogP contribution >= 0.6 is 11.3 Å². The largest absolute Gasteiger partial charge is 0.494 e. The van der Waals surface area contributed by atoms with Gasteiger partial charge in [0.05, 0.1) is 42.2 Å². The van der Waals surface area contributed by atoms with Crippen molar-refractivity contribution in [2.45, 2.75) is 47.1 Å². The fourth-order valence-electron chi connectivity index (χ4n) is 4.34. The minimum absolute atomic E-state index is 0.126. The molecule has 0 bridgehead atoms. The number of rotatable bonds is 10. The predicted octanol–water partition coefficient (Wildman–Crippen LogP) is 4.16. The van der Waals surface area contributed by atoms with E-state index in [1.807, 2.05) is 45.0 Å². The Morgan fingerprint density at radius 1 is 1.12 bits per heavy atom. The molecule has 1 atom stereocenters. The second-order valence-electron chi connectivity index (χ2n) is 10.00. The van der Waals surface area contributed by atoms with Crippen LogP contribution in [0, 0.1) is 5.92 Å². The number of esters is 2. The second-order valence-corrected chi connectivity index (χ2v) is 11.0. The number of methoxy groups -OCH3 is 1. The highest BCUT2D eigenvalue weighted by Crippen LogP contribution is 2.36. The molecule has 0 aliphatic carbocycles. The van der Waals surface area contributed by atoms with Crippen LogP contribution in [0.15, 0.2) is 63.5 Å². The lowest BCUT2D eigenvalue weighted by molar-refractivity contribution is -0.140. The molecule has 0 fully saturated rings. The molecule has 1 aliphatic rings. The van der Waals surface area contributed by atoms with Crippen LogP contribution in [0.2, 0.25) is 0 Å². The molecule has 4 rings (SSSR count). The molecule has 0 amide bonds. The molecular formula is C31H34N2O7S. The fraction of sp³-hybridized carbons (Fsp3) is 0.355. The number of allylic oxidation sites excluding steroid dienone is 1. The van der Waals surface area contributed by atoms with E-state index in [0.29, 0.717) is 27.2 Å². The molecule has 216 valence electrons. The summed E-state index contributed by atoms with van der Waals surface area (Å²) in [5, 5.41) is 0. The molecule has 9 nitrogen and oxygen atoms in total. The Labute approximate surface area is 242 Å². The molecule has 10 heteroatoms. The summed E-state index contributed by atoms with van der Waals surface area (Å²) in [6, 6.07) is 11.6. The average molecular weight is 579 g/mol. The summed E-state index contributed by atoms with van der Waals surface area (Å²) in [6.45, 7) is 9.82. The molecule has 0 N–H and O–H groups in total. The SMILES string of the molecule is CCCOc1ccc(/C=c2/sc3n(c2=O)C(c2ccc(OC(C)=O)c(OC)c2)C(C(=O)OCC(C)C)=C(C)N=3)cc1. The maximum Gasteiger partial charge on any atom is 0.338 e. The molecule has 0 saturated carbocycles. The lowest BCUT2D eigenvalue weighted by atomic mass is 9.95. The molecular weight excluding hydrogens is 544 g/mol. The highest BCUT2D eigenvalue weighted by Gasteiger charge is 2.34. The van der Waals surface area contributed by atoms with E-state index >= 15 is 0 Å². The van der Waals surface area contributed by atoms with Crippen molar-refractivity contribution < 1.29 is 28.5 Å². The smallest absolute Gasteiger partial charge is 0.338 e. The Kier molecular flexibility index (Phi) is 9.44. The lowest BCUT2D eigenvalue weighted by Crippen LogP contribution is -2.40. The molecule has 0 spiro atoms. The quantitative estimate of drug-likeness (QED) is 0.263. The van der Waals surface area contributed by atoms with Gasteiger partial charge in [0.2, 0.25) is 0 Å². The summed E-state index contributed by atoms with van der Waals surface area (Å²) in [5.74, 6) is 0.354. The molecule has 1 aromatic heterocycles. The first-order valence-electron chi connectivity index (χ1n) is 13.4. The first kappa shape index (κ1) is 29.8. The van der Waals surface area contributed by atoms with Crippen LogP contribution in [0.25, 0.3) is 6.08 Å². The number of ether oxygens (including phenoxy) is 4. The first-order chi connectivity index (χ1) is 19.6. The summed E-state index contributed by atoms with van der Waals surface area (Å²) < 4.78 is 24.0. The van der Waals surface area contributed by atoms with Gasteiger partial charge in [0.15, 0.2) is 16.3 Å². The maximum atomic E-state index is 13.9. The molecule has 0 radical (unpaired) electrons. The average Bonchev–Trinajstić information content (AvgIpc) is 3.24. The van der Waals surface area contributed by atoms with Crippen molar-refractivity contribution >= 4 is 29.4 Å². The summed E-state index contributed by atoms with van der Waals surface area (Å²) in [7, 11) is 1.45. The van der Waals surface area contributed by atoms with Crippen molar-refractivity contribution in [2.75, 3.05) is 20.3 Å². The third kappa shape index (κ3) is 6.77. The monoisotopic (exact) mass is 578 g/mol. The van der Waals surface area contributed by atoms with Crippen molar-refractivity contribution in [3.8, 4) is 17.2 Å². The van der Waals surface area contributed by atoms with Crippen molar-refractivity contribution in [1.29, 1.82) is 0 Å². The van der Waals surface area contributed by atoms with Crippen molar-refractivity contribution in [3.05, 3.63) is 84.5 Å². The van der Waals surface area contributed by atoms with E-state index in [-0.39, 0.29) is 35.2 Å². The number of carbonyl (C=O) groups excluding carboxylic acids is 2. The van der Waals surface area contributed by atoms with Gasteiger partial charge in [-0.3, -0.25) is 14.2 Å². The fourth-order valence-corrected chi connectivity index (χ4v) is 5.39. The van der Waals surface area contributed by atoms with Gasteiger partial charge in [0, 0.05) is 6.92 Å². The first-order valence-corrected chi connectivity index (χ1v) is 14.2. The van der Waals surface area contributed by atoms with Crippen LogP contribution < -0.4 is 29.1 Å². The standard InChI is InChI=1S/C31H34N2O7S/c1-7-14-38-23-11-8-21(9-12-23)15-26-29(35)33-28(22-10-13-24(40-20(5)34)25(16-22)37-6)27(19(4)32-31(33)41-26)30(36)39-17-18(2)3/h8-13,15-16,18,28H,7,14,17H2,1-6H3/b26-15+. The number of fused-ring (bicyclic) bond motifs is 1. The molecule has 1 aliphatic heterocycles. The van der Waals surface area contributed by atoms with Crippen molar-refractivity contribution in [2.24, 2.45) is 10.9 Å². The maximum absolute atomic E-state index is 13.9. The van der Waals surface area contributed by atoms with Gasteiger partial charge in [-0.1, -0.05) is 50.3 Å². The van der Waals surface area contributed by atoms with Gasteiger partial charge in [-0.25, -0.2) is 9.79 Å². The van der Waals surface area contributed by atoms with Crippen LogP contribution in [-0.4, -0.2) is 36.8 Å². The van der Waals surface area contributed by atoms with Crippen molar-refractivity contribution in [1.82, 2.24) is 4.57 Å². The van der Waals surface area contributed by atoms with Crippen LogP contribution in [0.3, 0.4) is 0 Å². The number of benzene rings is 2. The van der Waals surface area contributed by atoms with Crippen LogP contribution in [0.5, 0.6) is 17.2 Å². The number of thiazole rings is 1. The van der Waals surface area contributed by atoms with Gasteiger partial charge in [-0.2, -0.15) is 0 Å². The van der Waals surface area contributed by atoms with Gasteiger partial charge in [-0.05, 0) is 60.7 Å². The van der Waals surface area contributed by atoms with Crippen LogP contribution in [-0.2, 0) is 14.3 Å². The highest BCUT2D eigenvalue weighted by atomic mass is 32.1. The molecule has 1 unspecified atom stereocenters. The van der Waals surface area contributed by atoms with Gasteiger partial charge in [0.1, 0.15) is 5.75 Å². The third-order valence-corrected chi connectivity index (χ3v) is 7.18. The van der Waals surface area contributed by atoms with Crippen molar-refractivity contribution in [3.63, 3.8) is 0 Å². The predicted molar refractivity (Wildman–Crippen MR) is 156 cm³/mol. The van der Waals surface area contributed by atoms with E-state index in [1.54, 1.807) is 31.2 Å². The lowest BCUT2D eigenvalue weighted by Gasteiger charge is -2.25. The zero-order valence-electron chi connectivity index (χ0n) is 24.1. The second kappa shape index (κ2) is 13.0. The Morgan fingerprint density at radius 2 is 1.85 bits per heavy atom. The van der Waals surface area contributed by atoms with Crippen LogP contribution in [0.4, 0.5) is 0 Å². The topological polar surface area (TPSA) is 105 Å². The Bertz CT molecular complexity index is 1650. The van der Waals surface area contributed by atoms with Gasteiger partial charge < -0.3 is 18.9 Å². The number of nitrogens with zero attached hydrogens (tertiary/aromatic N) is 2. The molecule has 3 aromatic rings. The normalized spacial score (nSPS) is 14.9. The van der Waals surface area contributed by atoms with E-state index in [4.69, 9.17) is 18.9 Å². The number of carbonyl (C=O) groups is 2. The van der Waals surface area contributed by atoms with Gasteiger partial charge >= 0.3 is 11.9 Å².